The van der Waals surface area contributed by atoms with Crippen molar-refractivity contribution in [3.05, 3.63) is 59.7 Å². The molecule has 138 valence electrons. The molecule has 1 amide bonds. The number of anilines is 2. The van der Waals surface area contributed by atoms with E-state index in [1.807, 2.05) is 29.2 Å². The van der Waals surface area contributed by atoms with Gasteiger partial charge in [-0.25, -0.2) is 0 Å². The normalized spacial score (nSPS) is 16.9. The third-order valence-electron chi connectivity index (χ3n) is 4.65. The van der Waals surface area contributed by atoms with Gasteiger partial charge >= 0.3 is 6.18 Å². The van der Waals surface area contributed by atoms with E-state index in [2.05, 4.69) is 5.32 Å². The molecular formula is C20H21F3N2O. The molecule has 0 aromatic heterocycles. The van der Waals surface area contributed by atoms with Crippen molar-refractivity contribution >= 4 is 17.3 Å². The minimum absolute atomic E-state index is 0.00457. The summed E-state index contributed by atoms with van der Waals surface area (Å²) in [5.41, 5.74) is 2.20. The van der Waals surface area contributed by atoms with Gasteiger partial charge in [0.15, 0.2) is 0 Å². The summed E-state index contributed by atoms with van der Waals surface area (Å²) in [6, 6.07) is 13.1. The number of fused-ring (bicyclic) bond motifs is 1. The van der Waals surface area contributed by atoms with Crippen molar-refractivity contribution in [2.45, 2.75) is 25.9 Å². The molecule has 0 spiro atoms. The fraction of sp³-hybridized carbons (Fsp3) is 0.350. The van der Waals surface area contributed by atoms with Gasteiger partial charge in [-0.2, -0.15) is 13.2 Å². The standard InChI is InChI=1S/C20H21F3N2O/c1-2-19(26)24-12-14-11-15-5-3-4-6-18(15)25(13-14)17-9-7-16(8-10-17)20(21,22)23/h3-10,14H,2,11-13H2,1H3,(H,24,26). The summed E-state index contributed by atoms with van der Waals surface area (Å²) in [7, 11) is 0. The summed E-state index contributed by atoms with van der Waals surface area (Å²) in [6.45, 7) is 3.00. The Labute approximate surface area is 150 Å². The third kappa shape index (κ3) is 4.00. The van der Waals surface area contributed by atoms with E-state index in [1.54, 1.807) is 6.92 Å². The molecule has 1 aliphatic rings. The second kappa shape index (κ2) is 7.40. The van der Waals surface area contributed by atoms with Gasteiger partial charge < -0.3 is 10.2 Å². The van der Waals surface area contributed by atoms with Crippen molar-refractivity contribution in [3.8, 4) is 0 Å². The molecule has 0 aliphatic carbocycles. The van der Waals surface area contributed by atoms with Gasteiger partial charge in [0.2, 0.25) is 5.91 Å². The van der Waals surface area contributed by atoms with E-state index in [1.165, 1.54) is 12.1 Å². The van der Waals surface area contributed by atoms with Crippen LogP contribution in [0, 0.1) is 5.92 Å². The SMILES string of the molecule is CCC(=O)NCC1Cc2ccccc2N(c2ccc(C(F)(F)F)cc2)C1. The van der Waals surface area contributed by atoms with Crippen LogP contribution >= 0.6 is 0 Å². The lowest BCUT2D eigenvalue weighted by atomic mass is 9.91. The van der Waals surface area contributed by atoms with Crippen LogP contribution in [-0.4, -0.2) is 19.0 Å². The van der Waals surface area contributed by atoms with E-state index < -0.39 is 11.7 Å². The van der Waals surface area contributed by atoms with Gasteiger partial charge in [-0.1, -0.05) is 25.1 Å². The van der Waals surface area contributed by atoms with Crippen molar-refractivity contribution in [3.63, 3.8) is 0 Å². The van der Waals surface area contributed by atoms with E-state index in [0.717, 1.165) is 35.5 Å². The molecule has 2 aromatic rings. The molecule has 3 rings (SSSR count). The zero-order chi connectivity index (χ0) is 18.7. The molecule has 1 atom stereocenters. The third-order valence-corrected chi connectivity index (χ3v) is 4.65. The summed E-state index contributed by atoms with van der Waals surface area (Å²) >= 11 is 0. The minimum Gasteiger partial charge on any atom is -0.356 e. The fourth-order valence-corrected chi connectivity index (χ4v) is 3.27. The highest BCUT2D eigenvalue weighted by atomic mass is 19.4. The molecule has 1 N–H and O–H groups in total. The molecule has 1 aliphatic heterocycles. The number of halogens is 3. The number of hydrogen-bond acceptors (Lipinski definition) is 2. The topological polar surface area (TPSA) is 32.3 Å². The number of nitrogens with zero attached hydrogens (tertiary/aromatic N) is 1. The predicted molar refractivity (Wildman–Crippen MR) is 95.4 cm³/mol. The number of carbonyl (C=O) groups is 1. The highest BCUT2D eigenvalue weighted by Crippen LogP contribution is 2.37. The number of amides is 1. The molecule has 0 fully saturated rings. The molecule has 1 unspecified atom stereocenters. The second-order valence-electron chi connectivity index (χ2n) is 6.51. The summed E-state index contributed by atoms with van der Waals surface area (Å²) in [5, 5.41) is 2.92. The van der Waals surface area contributed by atoms with E-state index in [-0.39, 0.29) is 11.8 Å². The van der Waals surface area contributed by atoms with E-state index in [0.29, 0.717) is 19.5 Å². The van der Waals surface area contributed by atoms with Gasteiger partial charge in [0.25, 0.3) is 0 Å². The largest absolute Gasteiger partial charge is 0.416 e. The van der Waals surface area contributed by atoms with Crippen LogP contribution in [0.2, 0.25) is 0 Å². The Balaban J connectivity index is 1.85. The highest BCUT2D eigenvalue weighted by molar-refractivity contribution is 5.75. The van der Waals surface area contributed by atoms with Crippen molar-refractivity contribution in [1.82, 2.24) is 5.32 Å². The Morgan fingerprint density at radius 3 is 2.50 bits per heavy atom. The first-order chi connectivity index (χ1) is 12.4. The average molecular weight is 362 g/mol. The molecule has 3 nitrogen and oxygen atoms in total. The quantitative estimate of drug-likeness (QED) is 0.866. The van der Waals surface area contributed by atoms with Crippen LogP contribution < -0.4 is 10.2 Å². The van der Waals surface area contributed by atoms with E-state index in [4.69, 9.17) is 0 Å². The number of hydrogen-bond donors (Lipinski definition) is 1. The number of nitrogens with one attached hydrogen (secondary N) is 1. The Kier molecular flexibility index (Phi) is 5.20. The Morgan fingerprint density at radius 1 is 1.15 bits per heavy atom. The lowest BCUT2D eigenvalue weighted by molar-refractivity contribution is -0.137. The van der Waals surface area contributed by atoms with Crippen LogP contribution in [0.25, 0.3) is 0 Å². The lowest BCUT2D eigenvalue weighted by Crippen LogP contribution is -2.39. The zero-order valence-corrected chi connectivity index (χ0v) is 14.5. The summed E-state index contributed by atoms with van der Waals surface area (Å²) < 4.78 is 38.5. The van der Waals surface area contributed by atoms with Gasteiger partial charge in [0, 0.05) is 30.9 Å². The average Bonchev–Trinajstić information content (AvgIpc) is 2.64. The number of para-hydroxylation sites is 1. The van der Waals surface area contributed by atoms with Crippen LogP contribution in [0.1, 0.15) is 24.5 Å². The molecule has 2 aromatic carbocycles. The highest BCUT2D eigenvalue weighted by Gasteiger charge is 2.31. The first kappa shape index (κ1) is 18.3. The number of rotatable bonds is 4. The van der Waals surface area contributed by atoms with Crippen LogP contribution in [0.4, 0.5) is 24.5 Å². The molecule has 1 heterocycles. The molecular weight excluding hydrogens is 341 g/mol. The maximum atomic E-state index is 12.8. The Morgan fingerprint density at radius 2 is 1.85 bits per heavy atom. The molecule has 0 saturated heterocycles. The van der Waals surface area contributed by atoms with Crippen LogP contribution in [0.5, 0.6) is 0 Å². The predicted octanol–water partition coefficient (Wildman–Crippen LogP) is 4.54. The number of alkyl halides is 3. The zero-order valence-electron chi connectivity index (χ0n) is 14.5. The summed E-state index contributed by atoms with van der Waals surface area (Å²) in [5.74, 6) is 0.202. The van der Waals surface area contributed by atoms with Gasteiger partial charge in [0.1, 0.15) is 0 Å². The molecule has 0 bridgehead atoms. The smallest absolute Gasteiger partial charge is 0.356 e. The maximum Gasteiger partial charge on any atom is 0.416 e. The van der Waals surface area contributed by atoms with Crippen molar-refractivity contribution in [2.75, 3.05) is 18.0 Å². The number of carbonyl (C=O) groups excluding carboxylic acids is 1. The van der Waals surface area contributed by atoms with Crippen molar-refractivity contribution < 1.29 is 18.0 Å². The Bertz CT molecular complexity index is 771. The first-order valence-electron chi connectivity index (χ1n) is 8.68. The van der Waals surface area contributed by atoms with Crippen LogP contribution in [0.3, 0.4) is 0 Å². The monoisotopic (exact) mass is 362 g/mol. The second-order valence-corrected chi connectivity index (χ2v) is 6.51. The van der Waals surface area contributed by atoms with Gasteiger partial charge in [0.05, 0.1) is 5.56 Å². The first-order valence-corrected chi connectivity index (χ1v) is 8.68. The molecule has 0 radical (unpaired) electrons. The minimum atomic E-state index is -4.34. The van der Waals surface area contributed by atoms with E-state index in [9.17, 15) is 18.0 Å². The summed E-state index contributed by atoms with van der Waals surface area (Å²) in [6.07, 6.45) is -3.07. The summed E-state index contributed by atoms with van der Waals surface area (Å²) in [4.78, 5) is 13.6. The molecule has 0 saturated carbocycles. The van der Waals surface area contributed by atoms with Crippen molar-refractivity contribution in [1.29, 1.82) is 0 Å². The van der Waals surface area contributed by atoms with Crippen LogP contribution in [-0.2, 0) is 17.4 Å². The Hall–Kier alpha value is -2.50. The molecule has 6 heteroatoms. The lowest BCUT2D eigenvalue weighted by Gasteiger charge is -2.36. The molecule has 26 heavy (non-hydrogen) atoms. The van der Waals surface area contributed by atoms with Gasteiger partial charge in [-0.3, -0.25) is 4.79 Å². The number of benzene rings is 2. The van der Waals surface area contributed by atoms with Gasteiger partial charge in [-0.05, 0) is 48.2 Å². The van der Waals surface area contributed by atoms with E-state index >= 15 is 0 Å². The van der Waals surface area contributed by atoms with Crippen molar-refractivity contribution in [2.24, 2.45) is 5.92 Å². The maximum absolute atomic E-state index is 12.8. The fourth-order valence-electron chi connectivity index (χ4n) is 3.27. The van der Waals surface area contributed by atoms with Crippen LogP contribution in [0.15, 0.2) is 48.5 Å². The van der Waals surface area contributed by atoms with Gasteiger partial charge in [-0.15, -0.1) is 0 Å².